The summed E-state index contributed by atoms with van der Waals surface area (Å²) in [6.45, 7) is 5.14. The maximum atomic E-state index is 12.6. The quantitative estimate of drug-likeness (QED) is 0.798. The van der Waals surface area contributed by atoms with Crippen LogP contribution in [0.2, 0.25) is 0 Å². The highest BCUT2D eigenvalue weighted by atomic mass is 32.1. The molecule has 0 aliphatic carbocycles. The van der Waals surface area contributed by atoms with Gasteiger partial charge in [-0.25, -0.2) is 4.98 Å². The molecule has 1 unspecified atom stereocenters. The largest absolute Gasteiger partial charge is 0.382 e. The number of amides is 1. The van der Waals surface area contributed by atoms with E-state index in [-0.39, 0.29) is 11.9 Å². The van der Waals surface area contributed by atoms with Crippen molar-refractivity contribution >= 4 is 28.2 Å². The number of aromatic nitrogens is 1. The molecule has 0 radical (unpaired) electrons. The minimum atomic E-state index is -0.00723. The van der Waals surface area contributed by atoms with Crippen molar-refractivity contribution < 1.29 is 4.79 Å². The second kappa shape index (κ2) is 5.65. The van der Waals surface area contributed by atoms with Gasteiger partial charge >= 0.3 is 0 Å². The van der Waals surface area contributed by atoms with Crippen molar-refractivity contribution in [2.24, 2.45) is 5.73 Å². The van der Waals surface area contributed by atoms with E-state index in [1.807, 2.05) is 11.8 Å². The molecule has 2 aliphatic heterocycles. The Balaban J connectivity index is 1.78. The molecular weight excluding hydrogens is 286 g/mol. The molecule has 2 aliphatic rings. The average molecular weight is 307 g/mol. The Hall–Kier alpha value is -1.60. The third kappa shape index (κ3) is 2.89. The highest BCUT2D eigenvalue weighted by Gasteiger charge is 2.27. The number of carbonyl (C=O) groups excluding carboxylic acids is 1. The first-order valence-corrected chi connectivity index (χ1v) is 8.08. The molecule has 1 fully saturated rings. The van der Waals surface area contributed by atoms with Gasteiger partial charge in [-0.15, -0.1) is 0 Å². The van der Waals surface area contributed by atoms with Gasteiger partial charge in [-0.2, -0.15) is 0 Å². The molecule has 114 valence electrons. The van der Waals surface area contributed by atoms with Gasteiger partial charge in [-0.05, 0) is 19.8 Å². The predicted octanol–water partition coefficient (Wildman–Crippen LogP) is 1.05. The first kappa shape index (κ1) is 14.3. The van der Waals surface area contributed by atoms with Crippen LogP contribution >= 0.6 is 11.3 Å². The zero-order valence-electron chi connectivity index (χ0n) is 12.2. The number of rotatable bonds is 2. The number of hydrogen-bond acceptors (Lipinski definition) is 6. The van der Waals surface area contributed by atoms with Crippen LogP contribution in [-0.2, 0) is 0 Å². The summed E-state index contributed by atoms with van der Waals surface area (Å²) in [7, 11) is 0. The molecule has 3 rings (SSSR count). The smallest absolute Gasteiger partial charge is 0.268 e. The predicted molar refractivity (Wildman–Crippen MR) is 85.6 cm³/mol. The van der Waals surface area contributed by atoms with Gasteiger partial charge in [0.2, 0.25) is 0 Å². The number of carbonyl (C=O) groups is 1. The van der Waals surface area contributed by atoms with E-state index in [2.05, 4.69) is 16.0 Å². The van der Waals surface area contributed by atoms with Crippen LogP contribution in [0, 0.1) is 0 Å². The number of thiazole rings is 1. The third-order valence-corrected chi connectivity index (χ3v) is 5.07. The summed E-state index contributed by atoms with van der Waals surface area (Å²) in [6.07, 6.45) is 4.04. The van der Waals surface area contributed by atoms with E-state index in [4.69, 9.17) is 11.5 Å². The lowest BCUT2D eigenvalue weighted by molar-refractivity contribution is 0.0771. The molecule has 1 aromatic heterocycles. The van der Waals surface area contributed by atoms with Gasteiger partial charge in [0.05, 0.1) is 0 Å². The van der Waals surface area contributed by atoms with Gasteiger partial charge in [-0.1, -0.05) is 23.0 Å². The number of hydrogen-bond donors (Lipinski definition) is 2. The average Bonchev–Trinajstić information content (AvgIpc) is 3.04. The maximum Gasteiger partial charge on any atom is 0.268 e. The third-order valence-electron chi connectivity index (χ3n) is 3.95. The second-order valence-electron chi connectivity index (χ2n) is 5.77. The topological polar surface area (TPSA) is 88.5 Å². The van der Waals surface area contributed by atoms with E-state index in [0.717, 1.165) is 37.6 Å². The SMILES string of the molecule is CC1=CCCN(C(=O)c2sc(N3CCC(N)C3)nc2N)C1. The molecule has 0 aromatic carbocycles. The lowest BCUT2D eigenvalue weighted by Crippen LogP contribution is -2.35. The van der Waals surface area contributed by atoms with Gasteiger partial charge in [0.1, 0.15) is 10.7 Å². The lowest BCUT2D eigenvalue weighted by atomic mass is 10.1. The van der Waals surface area contributed by atoms with Crippen LogP contribution in [0.4, 0.5) is 10.9 Å². The number of nitrogens with zero attached hydrogens (tertiary/aromatic N) is 3. The number of anilines is 2. The molecule has 1 saturated heterocycles. The maximum absolute atomic E-state index is 12.6. The number of nitrogen functional groups attached to an aromatic ring is 1. The summed E-state index contributed by atoms with van der Waals surface area (Å²) in [4.78, 5) is 21.5. The van der Waals surface area contributed by atoms with Gasteiger partial charge < -0.3 is 21.3 Å². The van der Waals surface area contributed by atoms with E-state index >= 15 is 0 Å². The van der Waals surface area contributed by atoms with Crippen LogP contribution < -0.4 is 16.4 Å². The van der Waals surface area contributed by atoms with E-state index < -0.39 is 0 Å². The van der Waals surface area contributed by atoms with E-state index in [9.17, 15) is 4.79 Å². The molecule has 3 heterocycles. The summed E-state index contributed by atoms with van der Waals surface area (Å²) in [6, 6.07) is 0.184. The molecular formula is C14H21N5OS. The highest BCUT2D eigenvalue weighted by Crippen LogP contribution is 2.31. The summed E-state index contributed by atoms with van der Waals surface area (Å²) >= 11 is 1.39. The first-order chi connectivity index (χ1) is 10.0. The van der Waals surface area contributed by atoms with Gasteiger partial charge in [0, 0.05) is 32.2 Å². The lowest BCUT2D eigenvalue weighted by Gasteiger charge is -2.25. The molecule has 0 bridgehead atoms. The van der Waals surface area contributed by atoms with Crippen molar-refractivity contribution in [1.82, 2.24) is 9.88 Å². The van der Waals surface area contributed by atoms with Crippen LogP contribution in [0.5, 0.6) is 0 Å². The molecule has 6 nitrogen and oxygen atoms in total. The zero-order valence-corrected chi connectivity index (χ0v) is 13.0. The van der Waals surface area contributed by atoms with Crippen molar-refractivity contribution in [3.05, 3.63) is 16.5 Å². The fourth-order valence-corrected chi connectivity index (χ4v) is 3.79. The summed E-state index contributed by atoms with van der Waals surface area (Å²) in [5, 5.41) is 0.813. The van der Waals surface area contributed by atoms with Crippen LogP contribution in [0.1, 0.15) is 29.4 Å². The van der Waals surface area contributed by atoms with E-state index in [1.54, 1.807) is 0 Å². The van der Waals surface area contributed by atoms with Gasteiger partial charge in [-0.3, -0.25) is 4.79 Å². The summed E-state index contributed by atoms with van der Waals surface area (Å²) in [5.74, 6) is 0.333. The van der Waals surface area contributed by atoms with Crippen molar-refractivity contribution in [2.45, 2.75) is 25.8 Å². The Morgan fingerprint density at radius 3 is 2.95 bits per heavy atom. The van der Waals surface area contributed by atoms with Crippen molar-refractivity contribution in [3.8, 4) is 0 Å². The highest BCUT2D eigenvalue weighted by molar-refractivity contribution is 7.18. The first-order valence-electron chi connectivity index (χ1n) is 7.26. The Morgan fingerprint density at radius 2 is 2.29 bits per heavy atom. The Bertz CT molecular complexity index is 582. The summed E-state index contributed by atoms with van der Waals surface area (Å²) in [5.41, 5.74) is 13.1. The van der Waals surface area contributed by atoms with E-state index in [0.29, 0.717) is 17.2 Å². The molecule has 1 amide bonds. The van der Waals surface area contributed by atoms with Crippen LogP contribution in [0.25, 0.3) is 0 Å². The molecule has 0 spiro atoms. The van der Waals surface area contributed by atoms with Gasteiger partial charge in [0.25, 0.3) is 5.91 Å². The number of nitrogens with two attached hydrogens (primary N) is 2. The molecule has 7 heteroatoms. The molecule has 4 N–H and O–H groups in total. The Kier molecular flexibility index (Phi) is 3.86. The molecule has 1 aromatic rings. The molecule has 0 saturated carbocycles. The van der Waals surface area contributed by atoms with Crippen molar-refractivity contribution in [1.29, 1.82) is 0 Å². The fourth-order valence-electron chi connectivity index (χ4n) is 2.80. The fraction of sp³-hybridized carbons (Fsp3) is 0.571. The van der Waals surface area contributed by atoms with E-state index in [1.165, 1.54) is 16.9 Å². The van der Waals surface area contributed by atoms with Crippen LogP contribution in [0.15, 0.2) is 11.6 Å². The minimum absolute atomic E-state index is 0.00723. The Labute approximate surface area is 128 Å². The zero-order chi connectivity index (χ0) is 15.0. The normalized spacial score (nSPS) is 22.6. The van der Waals surface area contributed by atoms with Crippen LogP contribution in [0.3, 0.4) is 0 Å². The van der Waals surface area contributed by atoms with Crippen molar-refractivity contribution in [3.63, 3.8) is 0 Å². The molecule has 1 atom stereocenters. The monoisotopic (exact) mass is 307 g/mol. The van der Waals surface area contributed by atoms with Crippen LogP contribution in [-0.4, -0.2) is 48.0 Å². The second-order valence-corrected chi connectivity index (χ2v) is 6.75. The summed E-state index contributed by atoms with van der Waals surface area (Å²) < 4.78 is 0. The Morgan fingerprint density at radius 1 is 1.48 bits per heavy atom. The molecule has 21 heavy (non-hydrogen) atoms. The van der Waals surface area contributed by atoms with Gasteiger partial charge in [0.15, 0.2) is 5.13 Å². The minimum Gasteiger partial charge on any atom is -0.382 e. The van der Waals surface area contributed by atoms with Crippen molar-refractivity contribution in [2.75, 3.05) is 36.8 Å². The standard InChI is InChI=1S/C14H21N5OS/c1-9-3-2-5-18(7-9)13(20)11-12(16)17-14(21-11)19-6-4-10(15)8-19/h3,10H,2,4-8,15-16H2,1H3.